The van der Waals surface area contributed by atoms with Gasteiger partial charge in [-0.05, 0) is 19.4 Å². The lowest BCUT2D eigenvalue weighted by Gasteiger charge is -2.26. The van der Waals surface area contributed by atoms with Crippen LogP contribution in [0.5, 0.6) is 0 Å². The maximum absolute atomic E-state index is 5.75. The lowest BCUT2D eigenvalue weighted by atomic mass is 10.1. The molecule has 0 aliphatic carbocycles. The average molecular weight is 321 g/mol. The molecule has 0 radical (unpaired) electrons. The molecule has 1 fully saturated rings. The zero-order valence-electron chi connectivity index (χ0n) is 13.2. The maximum atomic E-state index is 5.75. The number of hydrogen-bond acceptors (Lipinski definition) is 7. The van der Waals surface area contributed by atoms with Gasteiger partial charge in [-0.3, -0.25) is 4.90 Å². The standard InChI is InChI=1S/C15H23N5OS/c1-10(2)14-18-13(19-21-14)12-6-4-3-5-7-20(12)9-11-8-17-15(16)22-11/h8,10,12H,3-7,9H2,1-2H3,(H2,16,17). The predicted molar refractivity (Wildman–Crippen MR) is 86.5 cm³/mol. The highest BCUT2D eigenvalue weighted by atomic mass is 32.1. The van der Waals surface area contributed by atoms with E-state index in [-0.39, 0.29) is 12.0 Å². The van der Waals surface area contributed by atoms with Crippen LogP contribution < -0.4 is 5.73 Å². The quantitative estimate of drug-likeness (QED) is 0.930. The van der Waals surface area contributed by atoms with Crippen LogP contribution >= 0.6 is 11.3 Å². The van der Waals surface area contributed by atoms with Gasteiger partial charge in [0.25, 0.3) is 0 Å². The van der Waals surface area contributed by atoms with Crippen LogP contribution in [-0.4, -0.2) is 26.6 Å². The number of anilines is 1. The summed E-state index contributed by atoms with van der Waals surface area (Å²) in [7, 11) is 0. The number of aromatic nitrogens is 3. The van der Waals surface area contributed by atoms with Crippen molar-refractivity contribution in [1.82, 2.24) is 20.0 Å². The smallest absolute Gasteiger partial charge is 0.229 e. The Morgan fingerprint density at radius 3 is 2.95 bits per heavy atom. The van der Waals surface area contributed by atoms with E-state index in [4.69, 9.17) is 10.3 Å². The summed E-state index contributed by atoms with van der Waals surface area (Å²) < 4.78 is 5.41. The summed E-state index contributed by atoms with van der Waals surface area (Å²) in [5.74, 6) is 1.81. The second-order valence-electron chi connectivity index (χ2n) is 6.15. The van der Waals surface area contributed by atoms with Crippen molar-refractivity contribution in [1.29, 1.82) is 0 Å². The zero-order chi connectivity index (χ0) is 15.5. The molecule has 3 rings (SSSR count). The predicted octanol–water partition coefficient (Wildman–Crippen LogP) is 3.35. The molecule has 1 saturated heterocycles. The van der Waals surface area contributed by atoms with Crippen LogP contribution in [0.15, 0.2) is 10.7 Å². The third kappa shape index (κ3) is 3.47. The minimum Gasteiger partial charge on any atom is -0.375 e. The van der Waals surface area contributed by atoms with Crippen molar-refractivity contribution in [2.24, 2.45) is 0 Å². The van der Waals surface area contributed by atoms with Crippen LogP contribution in [0, 0.1) is 0 Å². The van der Waals surface area contributed by atoms with Crippen molar-refractivity contribution in [2.75, 3.05) is 12.3 Å². The Hall–Kier alpha value is -1.47. The van der Waals surface area contributed by atoms with Gasteiger partial charge >= 0.3 is 0 Å². The molecular weight excluding hydrogens is 298 g/mol. The van der Waals surface area contributed by atoms with E-state index in [1.54, 1.807) is 11.3 Å². The van der Waals surface area contributed by atoms with Crippen LogP contribution in [0.3, 0.4) is 0 Å². The third-order valence-electron chi connectivity index (χ3n) is 4.04. The highest BCUT2D eigenvalue weighted by molar-refractivity contribution is 7.15. The van der Waals surface area contributed by atoms with Gasteiger partial charge in [-0.15, -0.1) is 11.3 Å². The van der Waals surface area contributed by atoms with Crippen LogP contribution in [-0.2, 0) is 6.54 Å². The normalized spacial score (nSPS) is 20.4. The molecule has 1 aliphatic heterocycles. The largest absolute Gasteiger partial charge is 0.375 e. The summed E-state index contributed by atoms with van der Waals surface area (Å²) in [4.78, 5) is 12.4. The van der Waals surface area contributed by atoms with Crippen molar-refractivity contribution in [3.63, 3.8) is 0 Å². The molecule has 0 saturated carbocycles. The minimum absolute atomic E-state index is 0.224. The van der Waals surface area contributed by atoms with E-state index >= 15 is 0 Å². The molecule has 0 bridgehead atoms. The van der Waals surface area contributed by atoms with E-state index in [0.717, 1.165) is 31.2 Å². The summed E-state index contributed by atoms with van der Waals surface area (Å²) in [6.07, 6.45) is 6.62. The Labute approximate surface area is 134 Å². The minimum atomic E-state index is 0.224. The summed E-state index contributed by atoms with van der Waals surface area (Å²) in [6, 6.07) is 0.224. The summed E-state index contributed by atoms with van der Waals surface area (Å²) >= 11 is 1.56. The fourth-order valence-corrected chi connectivity index (χ4v) is 3.57. The second kappa shape index (κ2) is 6.75. The lowest BCUT2D eigenvalue weighted by Crippen LogP contribution is -2.28. The fourth-order valence-electron chi connectivity index (χ4n) is 2.86. The van der Waals surface area contributed by atoms with Gasteiger partial charge in [0, 0.05) is 23.5 Å². The number of hydrogen-bond donors (Lipinski definition) is 1. The van der Waals surface area contributed by atoms with E-state index in [1.165, 1.54) is 24.1 Å². The molecule has 7 heteroatoms. The SMILES string of the molecule is CC(C)c1nc(C2CCCCCN2Cc2cnc(N)s2)no1. The molecule has 0 amide bonds. The summed E-state index contributed by atoms with van der Waals surface area (Å²) in [5.41, 5.74) is 5.75. The van der Waals surface area contributed by atoms with Gasteiger partial charge in [0.15, 0.2) is 11.0 Å². The molecule has 22 heavy (non-hydrogen) atoms. The fraction of sp³-hybridized carbons (Fsp3) is 0.667. The second-order valence-corrected chi connectivity index (χ2v) is 7.29. The first-order chi connectivity index (χ1) is 10.6. The number of nitrogen functional groups attached to an aromatic ring is 1. The van der Waals surface area contributed by atoms with Crippen molar-refractivity contribution in [3.05, 3.63) is 22.8 Å². The van der Waals surface area contributed by atoms with Gasteiger partial charge in [0.05, 0.1) is 6.04 Å². The molecule has 2 N–H and O–H groups in total. The molecule has 6 nitrogen and oxygen atoms in total. The van der Waals surface area contributed by atoms with Crippen molar-refractivity contribution in [3.8, 4) is 0 Å². The van der Waals surface area contributed by atoms with Crippen molar-refractivity contribution in [2.45, 2.75) is 58.0 Å². The molecule has 3 heterocycles. The van der Waals surface area contributed by atoms with Crippen molar-refractivity contribution < 1.29 is 4.52 Å². The highest BCUT2D eigenvalue weighted by Gasteiger charge is 2.27. The Morgan fingerprint density at radius 1 is 1.41 bits per heavy atom. The molecule has 120 valence electrons. The Kier molecular flexibility index (Phi) is 4.73. The number of nitrogens with zero attached hydrogens (tertiary/aromatic N) is 4. The molecular formula is C15H23N5OS. The van der Waals surface area contributed by atoms with E-state index in [1.807, 2.05) is 6.20 Å². The monoisotopic (exact) mass is 321 g/mol. The number of likely N-dealkylation sites (tertiary alicyclic amines) is 1. The van der Waals surface area contributed by atoms with Crippen LogP contribution in [0.4, 0.5) is 5.13 Å². The number of thiazole rings is 1. The number of rotatable bonds is 4. The molecule has 1 aliphatic rings. The van der Waals surface area contributed by atoms with Gasteiger partial charge in [-0.2, -0.15) is 4.98 Å². The Balaban J connectivity index is 1.80. The van der Waals surface area contributed by atoms with E-state index in [2.05, 4.69) is 33.9 Å². The van der Waals surface area contributed by atoms with Gasteiger partial charge in [0.1, 0.15) is 0 Å². The number of nitrogens with two attached hydrogens (primary N) is 1. The Morgan fingerprint density at radius 2 is 2.27 bits per heavy atom. The van der Waals surface area contributed by atoms with Gasteiger partial charge in [-0.1, -0.05) is 31.8 Å². The highest BCUT2D eigenvalue weighted by Crippen LogP contribution is 2.31. The van der Waals surface area contributed by atoms with Crippen LogP contribution in [0.1, 0.15) is 68.1 Å². The molecule has 1 atom stereocenters. The average Bonchev–Trinajstić information content (AvgIpc) is 3.05. The summed E-state index contributed by atoms with van der Waals surface area (Å²) in [6.45, 7) is 6.05. The lowest BCUT2D eigenvalue weighted by molar-refractivity contribution is 0.182. The van der Waals surface area contributed by atoms with E-state index < -0.39 is 0 Å². The van der Waals surface area contributed by atoms with Gasteiger partial charge in [0.2, 0.25) is 5.89 Å². The maximum Gasteiger partial charge on any atom is 0.229 e. The molecule has 0 spiro atoms. The van der Waals surface area contributed by atoms with E-state index in [0.29, 0.717) is 5.13 Å². The topological polar surface area (TPSA) is 81.1 Å². The molecule has 2 aromatic heterocycles. The van der Waals surface area contributed by atoms with E-state index in [9.17, 15) is 0 Å². The molecule has 2 aromatic rings. The van der Waals surface area contributed by atoms with Crippen molar-refractivity contribution >= 4 is 16.5 Å². The first kappa shape index (κ1) is 15.4. The summed E-state index contributed by atoms with van der Waals surface area (Å²) in [5, 5.41) is 4.86. The van der Waals surface area contributed by atoms with Crippen LogP contribution in [0.25, 0.3) is 0 Å². The first-order valence-electron chi connectivity index (χ1n) is 7.91. The third-order valence-corrected chi connectivity index (χ3v) is 4.85. The van der Waals surface area contributed by atoms with Gasteiger partial charge in [-0.25, -0.2) is 4.98 Å². The molecule has 0 aromatic carbocycles. The van der Waals surface area contributed by atoms with Crippen LogP contribution in [0.2, 0.25) is 0 Å². The van der Waals surface area contributed by atoms with Gasteiger partial charge < -0.3 is 10.3 Å². The first-order valence-corrected chi connectivity index (χ1v) is 8.73. The molecule has 1 unspecified atom stereocenters. The zero-order valence-corrected chi connectivity index (χ0v) is 14.0. The Bertz CT molecular complexity index is 609.